The summed E-state index contributed by atoms with van der Waals surface area (Å²) in [4.78, 5) is 0. The first-order valence-electron chi connectivity index (χ1n) is 5.26. The lowest BCUT2D eigenvalue weighted by Gasteiger charge is -2.24. The molecule has 0 amide bonds. The average Bonchev–Trinajstić information content (AvgIpc) is 2.69. The first-order chi connectivity index (χ1) is 6.45. The molecule has 76 valence electrons. The van der Waals surface area contributed by atoms with Crippen molar-refractivity contribution < 1.29 is 14.2 Å². The third kappa shape index (κ3) is 2.93. The Labute approximate surface area is 79.4 Å². The van der Waals surface area contributed by atoms with Gasteiger partial charge < -0.3 is 14.2 Å². The van der Waals surface area contributed by atoms with Crippen molar-refractivity contribution in [2.75, 3.05) is 26.4 Å². The van der Waals surface area contributed by atoms with E-state index in [1.54, 1.807) is 0 Å². The molecule has 1 saturated heterocycles. The van der Waals surface area contributed by atoms with E-state index in [0.29, 0.717) is 19.8 Å². The van der Waals surface area contributed by atoms with Gasteiger partial charge in [0.15, 0.2) is 6.29 Å². The molecule has 13 heavy (non-hydrogen) atoms. The zero-order chi connectivity index (χ0) is 8.93. The second-order valence-corrected chi connectivity index (χ2v) is 3.86. The average molecular weight is 186 g/mol. The Morgan fingerprint density at radius 2 is 2.00 bits per heavy atom. The van der Waals surface area contributed by atoms with Crippen LogP contribution in [-0.2, 0) is 14.2 Å². The second-order valence-electron chi connectivity index (χ2n) is 3.86. The summed E-state index contributed by atoms with van der Waals surface area (Å²) in [5, 5.41) is 0. The Morgan fingerprint density at radius 1 is 1.15 bits per heavy atom. The van der Waals surface area contributed by atoms with Gasteiger partial charge in [-0.1, -0.05) is 12.8 Å². The van der Waals surface area contributed by atoms with Gasteiger partial charge in [-0.3, -0.25) is 0 Å². The van der Waals surface area contributed by atoms with E-state index in [2.05, 4.69) is 0 Å². The zero-order valence-corrected chi connectivity index (χ0v) is 8.04. The minimum atomic E-state index is -0.102. The van der Waals surface area contributed by atoms with E-state index in [-0.39, 0.29) is 6.29 Å². The van der Waals surface area contributed by atoms with Gasteiger partial charge in [-0.25, -0.2) is 0 Å². The van der Waals surface area contributed by atoms with Gasteiger partial charge in [0.1, 0.15) is 0 Å². The fraction of sp³-hybridized carbons (Fsp3) is 1.00. The largest absolute Gasteiger partial charge is 0.374 e. The van der Waals surface area contributed by atoms with Gasteiger partial charge in [0.25, 0.3) is 0 Å². The van der Waals surface area contributed by atoms with Gasteiger partial charge in [-0.15, -0.1) is 0 Å². The van der Waals surface area contributed by atoms with Crippen LogP contribution in [0.15, 0.2) is 0 Å². The number of ether oxygens (including phenoxy) is 3. The highest BCUT2D eigenvalue weighted by atomic mass is 16.7. The van der Waals surface area contributed by atoms with Crippen molar-refractivity contribution in [2.45, 2.75) is 32.0 Å². The van der Waals surface area contributed by atoms with Crippen molar-refractivity contribution in [3.8, 4) is 0 Å². The Kier molecular flexibility index (Phi) is 3.58. The van der Waals surface area contributed by atoms with Crippen LogP contribution in [0, 0.1) is 5.92 Å². The molecule has 0 aromatic heterocycles. The first-order valence-corrected chi connectivity index (χ1v) is 5.26. The molecule has 2 fully saturated rings. The fourth-order valence-corrected chi connectivity index (χ4v) is 1.98. The number of rotatable bonds is 3. The summed E-state index contributed by atoms with van der Waals surface area (Å²) in [5.74, 6) is 0.769. The molecule has 0 aromatic rings. The molecular weight excluding hydrogens is 168 g/mol. The topological polar surface area (TPSA) is 27.7 Å². The van der Waals surface area contributed by atoms with Gasteiger partial charge in [-0.2, -0.15) is 0 Å². The maximum atomic E-state index is 5.62. The predicted molar refractivity (Wildman–Crippen MR) is 48.5 cm³/mol. The molecular formula is C10H18O3. The molecule has 1 unspecified atom stereocenters. The molecule has 3 nitrogen and oxygen atoms in total. The Morgan fingerprint density at radius 3 is 2.69 bits per heavy atom. The summed E-state index contributed by atoms with van der Waals surface area (Å²) in [6.45, 7) is 2.85. The van der Waals surface area contributed by atoms with Crippen molar-refractivity contribution in [3.05, 3.63) is 0 Å². The van der Waals surface area contributed by atoms with Crippen LogP contribution in [-0.4, -0.2) is 32.7 Å². The molecule has 2 rings (SSSR count). The highest BCUT2D eigenvalue weighted by Crippen LogP contribution is 2.25. The molecule has 0 N–H and O–H groups in total. The maximum absolute atomic E-state index is 5.62. The summed E-state index contributed by atoms with van der Waals surface area (Å²) >= 11 is 0. The Balaban J connectivity index is 1.60. The standard InChI is InChI=1S/C10H18O3/c1-2-4-9(3-1)7-13-10-8-11-5-6-12-10/h9-10H,1-8H2. The van der Waals surface area contributed by atoms with E-state index >= 15 is 0 Å². The lowest BCUT2D eigenvalue weighted by atomic mass is 10.1. The molecule has 1 saturated carbocycles. The summed E-state index contributed by atoms with van der Waals surface area (Å²) in [6, 6.07) is 0. The van der Waals surface area contributed by atoms with Crippen molar-refractivity contribution in [2.24, 2.45) is 5.92 Å². The summed E-state index contributed by atoms with van der Waals surface area (Å²) < 4.78 is 16.3. The lowest BCUT2D eigenvalue weighted by molar-refractivity contribution is -0.215. The van der Waals surface area contributed by atoms with E-state index in [0.717, 1.165) is 12.5 Å². The van der Waals surface area contributed by atoms with Gasteiger partial charge in [0.2, 0.25) is 0 Å². The van der Waals surface area contributed by atoms with Crippen LogP contribution in [0.4, 0.5) is 0 Å². The molecule has 0 spiro atoms. The summed E-state index contributed by atoms with van der Waals surface area (Å²) in [5.41, 5.74) is 0. The van der Waals surface area contributed by atoms with E-state index in [1.165, 1.54) is 25.7 Å². The van der Waals surface area contributed by atoms with Crippen molar-refractivity contribution in [1.82, 2.24) is 0 Å². The SMILES string of the molecule is C1CCC(COC2COCCO2)C1. The molecule has 3 heteroatoms. The van der Waals surface area contributed by atoms with Gasteiger partial charge in [0, 0.05) is 0 Å². The number of hydrogen-bond donors (Lipinski definition) is 0. The Bertz CT molecular complexity index is 137. The molecule has 1 aliphatic heterocycles. The predicted octanol–water partition coefficient (Wildman–Crippen LogP) is 1.57. The first kappa shape index (κ1) is 9.44. The van der Waals surface area contributed by atoms with Crippen LogP contribution in [0.25, 0.3) is 0 Å². The smallest absolute Gasteiger partial charge is 0.180 e. The third-order valence-corrected chi connectivity index (χ3v) is 2.78. The third-order valence-electron chi connectivity index (χ3n) is 2.78. The molecule has 1 aliphatic carbocycles. The maximum Gasteiger partial charge on any atom is 0.180 e. The van der Waals surface area contributed by atoms with Crippen LogP contribution >= 0.6 is 0 Å². The fourth-order valence-electron chi connectivity index (χ4n) is 1.98. The lowest BCUT2D eigenvalue weighted by Crippen LogP contribution is -2.32. The van der Waals surface area contributed by atoms with Crippen molar-refractivity contribution in [3.63, 3.8) is 0 Å². The van der Waals surface area contributed by atoms with Gasteiger partial charge in [0.05, 0.1) is 26.4 Å². The Hall–Kier alpha value is -0.120. The van der Waals surface area contributed by atoms with E-state index in [1.807, 2.05) is 0 Å². The molecule has 2 aliphatic rings. The normalized spacial score (nSPS) is 30.9. The highest BCUT2D eigenvalue weighted by molar-refractivity contribution is 4.66. The summed E-state index contributed by atoms with van der Waals surface area (Å²) in [7, 11) is 0. The minimum absolute atomic E-state index is 0.102. The van der Waals surface area contributed by atoms with Gasteiger partial charge in [-0.05, 0) is 18.8 Å². The molecule has 1 heterocycles. The minimum Gasteiger partial charge on any atom is -0.374 e. The molecule has 0 aromatic carbocycles. The van der Waals surface area contributed by atoms with E-state index in [4.69, 9.17) is 14.2 Å². The van der Waals surface area contributed by atoms with Crippen molar-refractivity contribution in [1.29, 1.82) is 0 Å². The number of hydrogen-bond acceptors (Lipinski definition) is 3. The van der Waals surface area contributed by atoms with Crippen molar-refractivity contribution >= 4 is 0 Å². The summed E-state index contributed by atoms with van der Waals surface area (Å²) in [6.07, 6.45) is 5.29. The van der Waals surface area contributed by atoms with Crippen LogP contribution in [0.1, 0.15) is 25.7 Å². The zero-order valence-electron chi connectivity index (χ0n) is 8.04. The van der Waals surface area contributed by atoms with E-state index < -0.39 is 0 Å². The quantitative estimate of drug-likeness (QED) is 0.669. The van der Waals surface area contributed by atoms with E-state index in [9.17, 15) is 0 Å². The van der Waals surface area contributed by atoms with Crippen LogP contribution < -0.4 is 0 Å². The molecule has 0 bridgehead atoms. The van der Waals surface area contributed by atoms with Crippen LogP contribution in [0.2, 0.25) is 0 Å². The van der Waals surface area contributed by atoms with Gasteiger partial charge >= 0.3 is 0 Å². The molecule has 1 atom stereocenters. The molecule has 0 radical (unpaired) electrons. The highest BCUT2D eigenvalue weighted by Gasteiger charge is 2.19. The van der Waals surface area contributed by atoms with Crippen LogP contribution in [0.3, 0.4) is 0 Å². The second kappa shape index (κ2) is 4.94. The monoisotopic (exact) mass is 186 g/mol. The van der Waals surface area contributed by atoms with Crippen LogP contribution in [0.5, 0.6) is 0 Å².